The molecule has 0 aromatic heterocycles. The zero-order valence-corrected chi connectivity index (χ0v) is 28.2. The van der Waals surface area contributed by atoms with Gasteiger partial charge in [0.25, 0.3) is 0 Å². The van der Waals surface area contributed by atoms with Gasteiger partial charge in [-0.2, -0.15) is 0 Å². The van der Waals surface area contributed by atoms with Crippen molar-refractivity contribution in [2.24, 2.45) is 0 Å². The van der Waals surface area contributed by atoms with Gasteiger partial charge in [-0.25, -0.2) is 4.79 Å². The molecule has 2 aromatic rings. The Morgan fingerprint density at radius 3 is 2.19 bits per heavy atom. The molecule has 1 aliphatic heterocycles. The zero-order chi connectivity index (χ0) is 21.0. The van der Waals surface area contributed by atoms with Crippen LogP contribution in [-0.2, 0) is 22.4 Å². The largest absolute Gasteiger partial charge is 1.00 e. The molecule has 5 nitrogen and oxygen atoms in total. The average Bonchev–Trinajstić information content (AvgIpc) is 2.69. The Kier molecular flexibility index (Phi) is 12.0. The summed E-state index contributed by atoms with van der Waals surface area (Å²) in [4.78, 5) is 24.3. The Morgan fingerprint density at radius 2 is 1.56 bits per heavy atom. The minimum Gasteiger partial charge on any atom is -1.00 e. The number of carbonyl (C=O) groups is 1. The van der Waals surface area contributed by atoms with E-state index in [0.717, 1.165) is 0 Å². The van der Waals surface area contributed by atoms with Crippen LogP contribution in [-0.4, -0.2) is 16.2 Å². The van der Waals surface area contributed by atoms with Gasteiger partial charge in [-0.05, 0) is 87.5 Å². The summed E-state index contributed by atoms with van der Waals surface area (Å²) < 4.78 is 7.17. The molecule has 2 aliphatic rings. The molecule has 1 heterocycles. The summed E-state index contributed by atoms with van der Waals surface area (Å²) in [6.45, 7) is 0. The van der Waals surface area contributed by atoms with Crippen LogP contribution in [0.4, 0.5) is 0 Å². The van der Waals surface area contributed by atoms with Crippen molar-refractivity contribution in [1.82, 2.24) is 0 Å². The first kappa shape index (κ1) is 31.1. The van der Waals surface area contributed by atoms with Crippen molar-refractivity contribution in [2.75, 3.05) is 0 Å². The Labute approximate surface area is 278 Å². The first-order chi connectivity index (χ1) is 13.7. The Balaban J connectivity index is 0. The van der Waals surface area contributed by atoms with Crippen molar-refractivity contribution in [3.63, 3.8) is 0 Å². The molecule has 0 spiro atoms. The quantitative estimate of drug-likeness (QED) is 0.236. The molecule has 4 rings (SSSR count). The maximum Gasteiger partial charge on any atom is 1.00 e. The molecule has 0 amide bonds. The summed E-state index contributed by atoms with van der Waals surface area (Å²) in [5.41, 5.74) is 1.61. The van der Waals surface area contributed by atoms with E-state index in [-0.39, 0.29) is 121 Å². The zero-order valence-electron chi connectivity index (χ0n) is 18.4. The van der Waals surface area contributed by atoms with E-state index in [2.05, 4.69) is 63.7 Å². The second-order valence-electron chi connectivity index (χ2n) is 6.10. The summed E-state index contributed by atoms with van der Waals surface area (Å²) in [6.07, 6.45) is 0. The van der Waals surface area contributed by atoms with Crippen LogP contribution in [0.25, 0.3) is 33.4 Å². The minimum atomic E-state index is -1.09. The van der Waals surface area contributed by atoms with Gasteiger partial charge >= 0.3 is 65.1 Å². The Morgan fingerprint density at radius 1 is 0.938 bits per heavy atom. The summed E-state index contributed by atoms with van der Waals surface area (Å²) >= 11 is 13.2. The number of phenolic OH excluding ortho intramolecular Hbond substituents is 1. The van der Waals surface area contributed by atoms with Crippen molar-refractivity contribution in [3.8, 4) is 28.2 Å². The number of aromatic carboxylic acids is 1. The molecule has 0 unspecified atom stereocenters. The molecule has 1 aliphatic carbocycles. The van der Waals surface area contributed by atoms with E-state index in [0.29, 0.717) is 31.0 Å². The van der Waals surface area contributed by atoms with E-state index in [1.807, 2.05) is 0 Å². The molecule has 12 heteroatoms. The van der Waals surface area contributed by atoms with Crippen molar-refractivity contribution in [1.29, 1.82) is 0 Å². The van der Waals surface area contributed by atoms with Crippen LogP contribution >= 0.6 is 63.7 Å². The Bertz CT molecular complexity index is 1390. The molecule has 32 heavy (non-hydrogen) atoms. The van der Waals surface area contributed by atoms with Gasteiger partial charge in [-0.3, -0.25) is 4.79 Å². The molecule has 1 radical (unpaired) electrons. The van der Waals surface area contributed by atoms with Crippen LogP contribution in [0.5, 0.6) is 5.75 Å². The van der Waals surface area contributed by atoms with Crippen molar-refractivity contribution in [2.45, 2.75) is 0 Å². The van der Waals surface area contributed by atoms with Crippen molar-refractivity contribution in [3.05, 3.63) is 70.1 Å². The maximum atomic E-state index is 12.4. The number of hydrogen-bond acceptors (Lipinski definition) is 4. The monoisotopic (exact) mass is 799 g/mol. The van der Waals surface area contributed by atoms with Gasteiger partial charge in [-0.1, -0.05) is 18.2 Å². The van der Waals surface area contributed by atoms with Gasteiger partial charge in [-0.15, -0.1) is 0 Å². The van der Waals surface area contributed by atoms with Gasteiger partial charge < -0.3 is 17.5 Å². The van der Waals surface area contributed by atoms with Gasteiger partial charge in [0.1, 0.15) is 14.7 Å². The van der Waals surface area contributed by atoms with Gasteiger partial charge in [0.05, 0.1) is 14.5 Å². The standard InChI is InChI=1S/C20H8Br4O5.Ag.2Na.2H/c21-11-5-9-13(7-3-1-2-4-8(7)20(27)28)10-6-12(22)17(26)15(24)19(10)29-18(9)14(23)16(11)25;;;;;/h1-6,25H,(H,27,28);;;;;/q;;2*+1;2*-1. The third-order valence-electron chi connectivity index (χ3n) is 4.45. The fourth-order valence-corrected chi connectivity index (χ4v) is 5.57. The van der Waals surface area contributed by atoms with E-state index in [1.165, 1.54) is 6.07 Å². The molecule has 161 valence electrons. The molecule has 2 N–H and O–H groups in total. The summed E-state index contributed by atoms with van der Waals surface area (Å²) in [5, 5.41) is 20.6. The van der Waals surface area contributed by atoms with Crippen LogP contribution in [0.2, 0.25) is 0 Å². The number of halogens is 4. The smallest absolute Gasteiger partial charge is 1.00 e. The molecule has 0 atom stereocenters. The summed E-state index contributed by atoms with van der Waals surface area (Å²) in [7, 11) is 0. The number of benzene rings is 3. The third-order valence-corrected chi connectivity index (χ3v) is 7.10. The van der Waals surface area contributed by atoms with Crippen LogP contribution in [0.3, 0.4) is 0 Å². The predicted molar refractivity (Wildman–Crippen MR) is 126 cm³/mol. The fraction of sp³-hybridized carbons (Fsp3) is 0. The number of hydrogen-bond donors (Lipinski definition) is 2. The molecule has 0 saturated heterocycles. The van der Waals surface area contributed by atoms with Crippen LogP contribution < -0.4 is 64.5 Å². The fourth-order valence-electron chi connectivity index (χ4n) is 3.17. The predicted octanol–water partition coefficient (Wildman–Crippen LogP) is 1.25. The topological polar surface area (TPSA) is 87.7 Å². The Hall–Kier alpha value is 1.06. The van der Waals surface area contributed by atoms with E-state index >= 15 is 0 Å². The van der Waals surface area contributed by atoms with Crippen LogP contribution in [0.1, 0.15) is 13.2 Å². The number of rotatable bonds is 2. The molecule has 2 aromatic carbocycles. The summed E-state index contributed by atoms with van der Waals surface area (Å²) in [6, 6.07) is 9.84. The van der Waals surface area contributed by atoms with E-state index in [9.17, 15) is 19.8 Å². The normalized spacial score (nSPS) is 10.2. The first-order valence-corrected chi connectivity index (χ1v) is 11.2. The van der Waals surface area contributed by atoms with Crippen LogP contribution in [0.15, 0.2) is 63.5 Å². The third kappa shape index (κ3) is 5.41. The number of fused-ring (bicyclic) bond motifs is 2. The van der Waals surface area contributed by atoms with E-state index < -0.39 is 5.97 Å². The van der Waals surface area contributed by atoms with E-state index in [4.69, 9.17) is 4.42 Å². The van der Waals surface area contributed by atoms with Gasteiger partial charge in [0, 0.05) is 38.9 Å². The summed E-state index contributed by atoms with van der Waals surface area (Å²) in [5.74, 6) is -0.921. The molecular formula is C20H10AgBr4Na2O5. The van der Waals surface area contributed by atoms with Crippen LogP contribution in [0, 0.1) is 0 Å². The maximum absolute atomic E-state index is 12.4. The molecule has 0 fully saturated rings. The molecule has 0 saturated carbocycles. The molecule has 0 bridgehead atoms. The number of phenols is 1. The SMILES string of the molecule is O=C(O)c1ccccc1-c1c2cc(Br)c(=O)c(Br)c-2oc2c(Br)c(O)c(Br)cc12.[Ag].[H-].[H-].[Na+].[Na+]. The van der Waals surface area contributed by atoms with Gasteiger partial charge in [0.15, 0.2) is 11.3 Å². The van der Waals surface area contributed by atoms with Crippen molar-refractivity contribution < 1.29 is 104 Å². The van der Waals surface area contributed by atoms with Gasteiger partial charge in [0.2, 0.25) is 5.43 Å². The molecular weight excluding hydrogens is 794 g/mol. The number of aromatic hydroxyl groups is 1. The minimum absolute atomic E-state index is 0. The first-order valence-electron chi connectivity index (χ1n) is 8.00. The number of carboxylic acids is 1. The average molecular weight is 804 g/mol. The van der Waals surface area contributed by atoms with Crippen molar-refractivity contribution >= 4 is 80.7 Å². The van der Waals surface area contributed by atoms with E-state index in [1.54, 1.807) is 30.3 Å². The second-order valence-corrected chi connectivity index (χ2v) is 9.40. The second kappa shape index (κ2) is 12.3. The number of carboxylic acid groups (broad SMARTS) is 1.